The molecule has 1 heterocycles. The number of ether oxygens (including phenoxy) is 1. The van der Waals surface area contributed by atoms with Gasteiger partial charge < -0.3 is 15.2 Å². The molecule has 2 rings (SSSR count). The first kappa shape index (κ1) is 13.0. The van der Waals surface area contributed by atoms with Crippen molar-refractivity contribution in [1.29, 1.82) is 0 Å². The van der Waals surface area contributed by atoms with Crippen LogP contribution < -0.4 is 5.32 Å². The summed E-state index contributed by atoms with van der Waals surface area (Å²) in [7, 11) is 0. The molecule has 0 aliphatic heterocycles. The average Bonchev–Trinajstić information content (AvgIpc) is 3.05. The van der Waals surface area contributed by atoms with Crippen molar-refractivity contribution in [2.24, 2.45) is 5.92 Å². The molecule has 4 heteroatoms. The smallest absolute Gasteiger partial charge is 0.0897 e. The molecule has 1 aromatic rings. The van der Waals surface area contributed by atoms with Crippen molar-refractivity contribution in [3.05, 3.63) is 22.4 Å². The Morgan fingerprint density at radius 2 is 2.41 bits per heavy atom. The lowest BCUT2D eigenvalue weighted by Crippen LogP contribution is -2.36. The van der Waals surface area contributed by atoms with Crippen molar-refractivity contribution in [3.63, 3.8) is 0 Å². The summed E-state index contributed by atoms with van der Waals surface area (Å²) in [5.74, 6) is 0.828. The van der Waals surface area contributed by atoms with Gasteiger partial charge in [0.2, 0.25) is 0 Å². The Bertz CT molecular complexity index is 311. The Hall–Kier alpha value is -0.420. The fraction of sp³-hybridized carbons (Fsp3) is 0.692. The van der Waals surface area contributed by atoms with Gasteiger partial charge in [0.1, 0.15) is 0 Å². The Kier molecular flexibility index (Phi) is 4.98. The molecule has 0 saturated heterocycles. The van der Waals surface area contributed by atoms with Gasteiger partial charge in [0.05, 0.1) is 19.3 Å². The summed E-state index contributed by atoms with van der Waals surface area (Å²) in [6.07, 6.45) is 2.26. The molecule has 0 radical (unpaired) electrons. The van der Waals surface area contributed by atoms with E-state index in [-0.39, 0.29) is 0 Å². The van der Waals surface area contributed by atoms with Gasteiger partial charge in [-0.05, 0) is 37.1 Å². The first-order chi connectivity index (χ1) is 8.25. The maximum atomic E-state index is 9.74. The van der Waals surface area contributed by atoms with E-state index in [4.69, 9.17) is 4.74 Å². The lowest BCUT2D eigenvalue weighted by atomic mass is 10.2. The Morgan fingerprint density at radius 1 is 1.59 bits per heavy atom. The zero-order valence-electron chi connectivity index (χ0n) is 10.3. The highest BCUT2D eigenvalue weighted by Crippen LogP contribution is 2.32. The van der Waals surface area contributed by atoms with Crippen LogP contribution in [0.25, 0.3) is 0 Å². The SMILES string of the molecule is CC(NCC(O)COCc1cccs1)C1CC1. The van der Waals surface area contributed by atoms with Crippen LogP contribution in [0.3, 0.4) is 0 Å². The summed E-state index contributed by atoms with van der Waals surface area (Å²) in [6, 6.07) is 4.59. The second-order valence-corrected chi connectivity index (χ2v) is 5.81. The van der Waals surface area contributed by atoms with Crippen molar-refractivity contribution < 1.29 is 9.84 Å². The van der Waals surface area contributed by atoms with Gasteiger partial charge in [-0.2, -0.15) is 0 Å². The molecule has 1 aliphatic carbocycles. The zero-order valence-corrected chi connectivity index (χ0v) is 11.1. The molecule has 1 aliphatic rings. The number of rotatable bonds is 8. The normalized spacial score (nSPS) is 19.2. The minimum Gasteiger partial charge on any atom is -0.389 e. The van der Waals surface area contributed by atoms with Crippen LogP contribution in [0.5, 0.6) is 0 Å². The molecule has 2 N–H and O–H groups in total. The molecule has 3 nitrogen and oxygen atoms in total. The van der Waals surface area contributed by atoms with E-state index in [2.05, 4.69) is 12.2 Å². The minimum absolute atomic E-state index is 0.405. The van der Waals surface area contributed by atoms with E-state index >= 15 is 0 Å². The van der Waals surface area contributed by atoms with Gasteiger partial charge in [0, 0.05) is 17.5 Å². The van der Waals surface area contributed by atoms with Gasteiger partial charge in [-0.1, -0.05) is 6.07 Å². The fourth-order valence-corrected chi connectivity index (χ4v) is 2.47. The lowest BCUT2D eigenvalue weighted by Gasteiger charge is -2.16. The van der Waals surface area contributed by atoms with E-state index in [0.29, 0.717) is 25.8 Å². The standard InChI is InChI=1S/C13H21NO2S/c1-10(11-4-5-11)14-7-12(15)8-16-9-13-3-2-6-17-13/h2-3,6,10-12,14-15H,4-5,7-9H2,1H3. The number of thiophene rings is 1. The van der Waals surface area contributed by atoms with Crippen LogP contribution >= 0.6 is 11.3 Å². The minimum atomic E-state index is -0.406. The zero-order chi connectivity index (χ0) is 12.1. The summed E-state index contributed by atoms with van der Waals surface area (Å²) in [4.78, 5) is 1.21. The predicted octanol–water partition coefficient (Wildman–Crippen LogP) is 2.01. The molecular formula is C13H21NO2S. The van der Waals surface area contributed by atoms with Crippen molar-refractivity contribution >= 4 is 11.3 Å². The molecule has 1 saturated carbocycles. The second-order valence-electron chi connectivity index (χ2n) is 4.78. The Morgan fingerprint density at radius 3 is 3.06 bits per heavy atom. The van der Waals surface area contributed by atoms with E-state index in [1.807, 2.05) is 17.5 Å². The summed E-state index contributed by atoms with van der Waals surface area (Å²) in [5.41, 5.74) is 0. The Balaban J connectivity index is 1.52. The van der Waals surface area contributed by atoms with E-state index in [0.717, 1.165) is 5.92 Å². The van der Waals surface area contributed by atoms with Crippen LogP contribution in [0.15, 0.2) is 17.5 Å². The van der Waals surface area contributed by atoms with Crippen molar-refractivity contribution in [1.82, 2.24) is 5.32 Å². The molecule has 0 spiro atoms. The monoisotopic (exact) mass is 255 g/mol. The van der Waals surface area contributed by atoms with Crippen LogP contribution in [-0.4, -0.2) is 30.4 Å². The molecule has 17 heavy (non-hydrogen) atoms. The average molecular weight is 255 g/mol. The molecule has 2 atom stereocenters. The Labute approximate surface area is 107 Å². The molecule has 1 aromatic heterocycles. The van der Waals surface area contributed by atoms with Gasteiger partial charge in [-0.15, -0.1) is 11.3 Å². The van der Waals surface area contributed by atoms with Crippen LogP contribution in [0.1, 0.15) is 24.6 Å². The van der Waals surface area contributed by atoms with Gasteiger partial charge in [-0.25, -0.2) is 0 Å². The van der Waals surface area contributed by atoms with Crippen LogP contribution in [0, 0.1) is 5.92 Å². The first-order valence-electron chi connectivity index (χ1n) is 6.27. The second kappa shape index (κ2) is 6.50. The summed E-state index contributed by atoms with van der Waals surface area (Å²) >= 11 is 1.68. The van der Waals surface area contributed by atoms with Gasteiger partial charge >= 0.3 is 0 Å². The number of nitrogens with one attached hydrogen (secondary N) is 1. The third kappa shape index (κ3) is 4.76. The highest BCUT2D eigenvalue weighted by atomic mass is 32.1. The summed E-state index contributed by atoms with van der Waals surface area (Å²) in [6.45, 7) is 3.83. The summed E-state index contributed by atoms with van der Waals surface area (Å²) in [5, 5.41) is 15.1. The summed E-state index contributed by atoms with van der Waals surface area (Å²) < 4.78 is 5.47. The predicted molar refractivity (Wildman–Crippen MR) is 70.2 cm³/mol. The van der Waals surface area contributed by atoms with Crippen molar-refractivity contribution in [2.75, 3.05) is 13.2 Å². The van der Waals surface area contributed by atoms with E-state index in [9.17, 15) is 5.11 Å². The number of aliphatic hydroxyl groups excluding tert-OH is 1. The van der Waals surface area contributed by atoms with Crippen LogP contribution in [0.2, 0.25) is 0 Å². The van der Waals surface area contributed by atoms with Crippen LogP contribution in [0.4, 0.5) is 0 Å². The highest BCUT2D eigenvalue weighted by molar-refractivity contribution is 7.09. The number of hydrogen-bond donors (Lipinski definition) is 2. The molecule has 0 aromatic carbocycles. The third-order valence-corrected chi connectivity index (χ3v) is 3.99. The topological polar surface area (TPSA) is 41.5 Å². The molecule has 1 fully saturated rings. The molecule has 96 valence electrons. The molecule has 0 bridgehead atoms. The van der Waals surface area contributed by atoms with E-state index in [1.54, 1.807) is 11.3 Å². The maximum absolute atomic E-state index is 9.74. The van der Waals surface area contributed by atoms with Crippen molar-refractivity contribution in [3.8, 4) is 0 Å². The third-order valence-electron chi connectivity index (χ3n) is 3.14. The molecule has 2 unspecified atom stereocenters. The lowest BCUT2D eigenvalue weighted by molar-refractivity contribution is 0.0285. The number of hydrogen-bond acceptors (Lipinski definition) is 4. The van der Waals surface area contributed by atoms with Gasteiger partial charge in [0.25, 0.3) is 0 Å². The van der Waals surface area contributed by atoms with Gasteiger partial charge in [0.15, 0.2) is 0 Å². The van der Waals surface area contributed by atoms with Crippen molar-refractivity contribution in [2.45, 2.75) is 38.5 Å². The van der Waals surface area contributed by atoms with E-state index < -0.39 is 6.10 Å². The van der Waals surface area contributed by atoms with Gasteiger partial charge in [-0.3, -0.25) is 0 Å². The first-order valence-corrected chi connectivity index (χ1v) is 7.15. The molecular weight excluding hydrogens is 234 g/mol. The quantitative estimate of drug-likeness (QED) is 0.746. The largest absolute Gasteiger partial charge is 0.389 e. The highest BCUT2D eigenvalue weighted by Gasteiger charge is 2.27. The fourth-order valence-electron chi connectivity index (χ4n) is 1.83. The molecule has 0 amide bonds. The van der Waals surface area contributed by atoms with E-state index in [1.165, 1.54) is 17.7 Å². The maximum Gasteiger partial charge on any atom is 0.0897 e. The van der Waals surface area contributed by atoms with Crippen LogP contribution in [-0.2, 0) is 11.3 Å². The number of aliphatic hydroxyl groups is 1.